The molecule has 0 aromatic heterocycles. The number of amides is 1. The molecule has 102 valence electrons. The molecule has 0 saturated carbocycles. The molecule has 0 aromatic rings. The van der Waals surface area contributed by atoms with Gasteiger partial charge in [-0.3, -0.25) is 9.59 Å². The summed E-state index contributed by atoms with van der Waals surface area (Å²) in [5.74, 6) is -0.590. The van der Waals surface area contributed by atoms with E-state index in [2.05, 4.69) is 5.32 Å². The zero-order valence-electron chi connectivity index (χ0n) is 10.9. The van der Waals surface area contributed by atoms with Gasteiger partial charge in [0.05, 0.1) is 11.5 Å². The number of rotatable bonds is 2. The average molecular weight is 254 g/mol. The van der Waals surface area contributed by atoms with Gasteiger partial charge in [0, 0.05) is 13.1 Å². The summed E-state index contributed by atoms with van der Waals surface area (Å²) in [4.78, 5) is 25.2. The monoisotopic (exact) mass is 254 g/mol. The first kappa shape index (κ1) is 13.3. The quantitative estimate of drug-likeness (QED) is 0.766. The SMILES string of the molecule is CC1(C(=O)O)CCN(C(=O)[C@@H]2CCCCN2)CC1. The smallest absolute Gasteiger partial charge is 0.309 e. The van der Waals surface area contributed by atoms with Crippen LogP contribution in [-0.4, -0.2) is 47.6 Å². The molecule has 1 atom stereocenters. The van der Waals surface area contributed by atoms with Crippen LogP contribution in [0.5, 0.6) is 0 Å². The van der Waals surface area contributed by atoms with Crippen LogP contribution in [0.25, 0.3) is 0 Å². The van der Waals surface area contributed by atoms with Gasteiger partial charge in [-0.1, -0.05) is 6.42 Å². The highest BCUT2D eigenvalue weighted by molar-refractivity contribution is 5.82. The van der Waals surface area contributed by atoms with E-state index >= 15 is 0 Å². The van der Waals surface area contributed by atoms with E-state index in [0.29, 0.717) is 25.9 Å². The maximum absolute atomic E-state index is 12.3. The molecule has 2 rings (SSSR count). The van der Waals surface area contributed by atoms with Crippen LogP contribution in [0.1, 0.15) is 39.0 Å². The van der Waals surface area contributed by atoms with Gasteiger partial charge in [0.1, 0.15) is 0 Å². The third-order valence-corrected chi connectivity index (χ3v) is 4.30. The van der Waals surface area contributed by atoms with Gasteiger partial charge in [0.2, 0.25) is 5.91 Å². The number of carboxylic acids is 1. The number of nitrogens with one attached hydrogen (secondary N) is 1. The summed E-state index contributed by atoms with van der Waals surface area (Å²) in [6, 6.07) is -0.0482. The molecule has 0 spiro atoms. The fourth-order valence-electron chi connectivity index (χ4n) is 2.72. The summed E-state index contributed by atoms with van der Waals surface area (Å²) in [5, 5.41) is 12.4. The number of likely N-dealkylation sites (tertiary alicyclic amines) is 1. The molecule has 5 nitrogen and oxygen atoms in total. The maximum Gasteiger partial charge on any atom is 0.309 e. The summed E-state index contributed by atoms with van der Waals surface area (Å²) in [5.41, 5.74) is -0.656. The maximum atomic E-state index is 12.3. The third kappa shape index (κ3) is 2.66. The minimum Gasteiger partial charge on any atom is -0.481 e. The Morgan fingerprint density at radius 2 is 1.94 bits per heavy atom. The van der Waals surface area contributed by atoms with Crippen molar-refractivity contribution in [2.75, 3.05) is 19.6 Å². The number of carboxylic acid groups (broad SMARTS) is 1. The number of hydrogen-bond acceptors (Lipinski definition) is 3. The topological polar surface area (TPSA) is 69.6 Å². The normalized spacial score (nSPS) is 27.8. The van der Waals surface area contributed by atoms with E-state index in [9.17, 15) is 9.59 Å². The van der Waals surface area contributed by atoms with Gasteiger partial charge in [0.25, 0.3) is 0 Å². The van der Waals surface area contributed by atoms with Gasteiger partial charge in [-0.2, -0.15) is 0 Å². The lowest BCUT2D eigenvalue weighted by Gasteiger charge is -2.38. The average Bonchev–Trinajstić information content (AvgIpc) is 2.40. The molecule has 5 heteroatoms. The molecule has 2 heterocycles. The summed E-state index contributed by atoms with van der Waals surface area (Å²) in [6.45, 7) is 3.83. The van der Waals surface area contributed by atoms with Gasteiger partial charge in [-0.05, 0) is 39.2 Å². The molecule has 0 radical (unpaired) electrons. The van der Waals surface area contributed by atoms with Gasteiger partial charge in [-0.25, -0.2) is 0 Å². The van der Waals surface area contributed by atoms with E-state index in [4.69, 9.17) is 5.11 Å². The first-order chi connectivity index (χ1) is 8.53. The zero-order valence-corrected chi connectivity index (χ0v) is 10.9. The van der Waals surface area contributed by atoms with Crippen molar-refractivity contribution in [1.29, 1.82) is 0 Å². The van der Waals surface area contributed by atoms with Crippen LogP contribution < -0.4 is 5.32 Å². The second-order valence-electron chi connectivity index (χ2n) is 5.69. The lowest BCUT2D eigenvalue weighted by molar-refractivity contribution is -0.153. The van der Waals surface area contributed by atoms with E-state index in [1.165, 1.54) is 0 Å². The van der Waals surface area contributed by atoms with Gasteiger partial charge >= 0.3 is 5.97 Å². The Morgan fingerprint density at radius 3 is 2.44 bits per heavy atom. The van der Waals surface area contributed by atoms with Crippen LogP contribution in [0.4, 0.5) is 0 Å². The molecule has 2 saturated heterocycles. The fourth-order valence-corrected chi connectivity index (χ4v) is 2.72. The minimum absolute atomic E-state index is 0.0482. The Labute approximate surface area is 108 Å². The van der Waals surface area contributed by atoms with Crippen molar-refractivity contribution < 1.29 is 14.7 Å². The van der Waals surface area contributed by atoms with E-state index in [-0.39, 0.29) is 11.9 Å². The van der Waals surface area contributed by atoms with E-state index < -0.39 is 11.4 Å². The molecule has 1 amide bonds. The van der Waals surface area contributed by atoms with Crippen molar-refractivity contribution in [3.05, 3.63) is 0 Å². The van der Waals surface area contributed by atoms with Crippen molar-refractivity contribution in [1.82, 2.24) is 10.2 Å². The Hall–Kier alpha value is -1.10. The standard InChI is InChI=1S/C13H22N2O3/c1-13(12(17)18)5-8-15(9-6-13)11(16)10-4-2-3-7-14-10/h10,14H,2-9H2,1H3,(H,17,18)/t10-/m0/s1. The van der Waals surface area contributed by atoms with E-state index in [0.717, 1.165) is 25.8 Å². The third-order valence-electron chi connectivity index (χ3n) is 4.30. The number of carbonyl (C=O) groups excluding carboxylic acids is 1. The predicted molar refractivity (Wildman–Crippen MR) is 67.2 cm³/mol. The van der Waals surface area contributed by atoms with Crippen LogP contribution >= 0.6 is 0 Å². The molecular formula is C13H22N2O3. The molecule has 2 fully saturated rings. The Bertz CT molecular complexity index is 329. The number of nitrogens with zero attached hydrogens (tertiary/aromatic N) is 1. The summed E-state index contributed by atoms with van der Waals surface area (Å²) in [6.07, 6.45) is 4.26. The Kier molecular flexibility index (Phi) is 3.90. The molecule has 2 aliphatic heterocycles. The van der Waals surface area contributed by atoms with Crippen LogP contribution in [-0.2, 0) is 9.59 Å². The Balaban J connectivity index is 1.89. The second-order valence-corrected chi connectivity index (χ2v) is 5.69. The first-order valence-corrected chi connectivity index (χ1v) is 6.78. The molecule has 0 aliphatic carbocycles. The minimum atomic E-state index is -0.745. The number of hydrogen-bond donors (Lipinski definition) is 2. The highest BCUT2D eigenvalue weighted by atomic mass is 16.4. The molecule has 0 unspecified atom stereocenters. The first-order valence-electron chi connectivity index (χ1n) is 6.78. The van der Waals surface area contributed by atoms with Crippen LogP contribution in [0.15, 0.2) is 0 Å². The summed E-state index contributed by atoms with van der Waals surface area (Å²) >= 11 is 0. The number of piperidine rings is 2. The number of aliphatic carboxylic acids is 1. The van der Waals surface area contributed by atoms with E-state index in [1.54, 1.807) is 6.92 Å². The van der Waals surface area contributed by atoms with E-state index in [1.807, 2.05) is 4.90 Å². The fraction of sp³-hybridized carbons (Fsp3) is 0.846. The van der Waals surface area contributed by atoms with Crippen molar-refractivity contribution >= 4 is 11.9 Å². The van der Waals surface area contributed by atoms with Crippen LogP contribution in [0, 0.1) is 5.41 Å². The highest BCUT2D eigenvalue weighted by Gasteiger charge is 2.39. The van der Waals surface area contributed by atoms with Gasteiger partial charge in [-0.15, -0.1) is 0 Å². The van der Waals surface area contributed by atoms with Gasteiger partial charge < -0.3 is 15.3 Å². The van der Waals surface area contributed by atoms with Crippen LogP contribution in [0.3, 0.4) is 0 Å². The molecule has 18 heavy (non-hydrogen) atoms. The van der Waals surface area contributed by atoms with Crippen molar-refractivity contribution in [3.8, 4) is 0 Å². The van der Waals surface area contributed by atoms with Crippen molar-refractivity contribution in [2.24, 2.45) is 5.41 Å². The largest absolute Gasteiger partial charge is 0.481 e. The molecule has 2 aliphatic rings. The van der Waals surface area contributed by atoms with Crippen molar-refractivity contribution in [2.45, 2.75) is 45.1 Å². The molecular weight excluding hydrogens is 232 g/mol. The zero-order chi connectivity index (χ0) is 13.2. The predicted octanol–water partition coefficient (Wildman–Crippen LogP) is 0.842. The molecule has 0 aromatic carbocycles. The Morgan fingerprint density at radius 1 is 1.28 bits per heavy atom. The molecule has 0 bridgehead atoms. The summed E-state index contributed by atoms with van der Waals surface area (Å²) in [7, 11) is 0. The summed E-state index contributed by atoms with van der Waals surface area (Å²) < 4.78 is 0. The van der Waals surface area contributed by atoms with Gasteiger partial charge in [0.15, 0.2) is 0 Å². The van der Waals surface area contributed by atoms with Crippen molar-refractivity contribution in [3.63, 3.8) is 0 Å². The van der Waals surface area contributed by atoms with Crippen LogP contribution in [0.2, 0.25) is 0 Å². The second kappa shape index (κ2) is 5.26. The lowest BCUT2D eigenvalue weighted by Crippen LogP contribution is -2.52. The highest BCUT2D eigenvalue weighted by Crippen LogP contribution is 2.31. The molecule has 2 N–H and O–H groups in total. The lowest BCUT2D eigenvalue weighted by atomic mass is 9.80. The number of carbonyl (C=O) groups is 2.